The van der Waals surface area contributed by atoms with Gasteiger partial charge in [0.05, 0.1) is 11.5 Å². The summed E-state index contributed by atoms with van der Waals surface area (Å²) >= 11 is -0.302. The minimum absolute atomic E-state index is 0.0826. The van der Waals surface area contributed by atoms with Gasteiger partial charge < -0.3 is 10.1 Å². The predicted octanol–water partition coefficient (Wildman–Crippen LogP) is 3.20. The Morgan fingerprint density at radius 2 is 2.00 bits per heavy atom. The smallest absolute Gasteiger partial charge is 0.446 e. The molecule has 2 rings (SSSR count). The number of alkyl halides is 3. The van der Waals surface area contributed by atoms with Crippen molar-refractivity contribution in [3.8, 4) is 0 Å². The Hall–Kier alpha value is -1.46. The fourth-order valence-electron chi connectivity index (χ4n) is 2.58. The molecule has 1 aromatic rings. The minimum Gasteiger partial charge on any atom is -0.450 e. The summed E-state index contributed by atoms with van der Waals surface area (Å²) in [6, 6.07) is 4.20. The topological polar surface area (TPSA) is 75.7 Å². The Bertz CT molecular complexity index is 723. The standard InChI is InChI=1S/C15H19F3N2O4S2/c1-2-24-14(21)19-11-4-3-9-20(10-11)26(22,23)13-7-5-12(6-8-13)25-15(16,17)18/h5-8,11H,2-4,9-10H2,1H3,(H,19,21). The van der Waals surface area contributed by atoms with Crippen LogP contribution in [0.5, 0.6) is 0 Å². The lowest BCUT2D eigenvalue weighted by Gasteiger charge is -2.32. The van der Waals surface area contributed by atoms with E-state index in [2.05, 4.69) is 5.32 Å². The molecule has 0 aliphatic carbocycles. The number of carbonyl (C=O) groups is 1. The zero-order valence-electron chi connectivity index (χ0n) is 14.0. The number of nitrogens with zero attached hydrogens (tertiary/aromatic N) is 1. The van der Waals surface area contributed by atoms with E-state index in [0.717, 1.165) is 24.3 Å². The highest BCUT2D eigenvalue weighted by Gasteiger charge is 2.32. The van der Waals surface area contributed by atoms with Gasteiger partial charge in [0.2, 0.25) is 10.0 Å². The molecule has 1 N–H and O–H groups in total. The molecule has 0 radical (unpaired) electrons. The highest BCUT2D eigenvalue weighted by Crippen LogP contribution is 2.37. The molecule has 0 spiro atoms. The molecule has 1 heterocycles. The normalized spacial score (nSPS) is 19.2. The quantitative estimate of drug-likeness (QED) is 0.752. The summed E-state index contributed by atoms with van der Waals surface area (Å²) in [5.74, 6) is 0. The van der Waals surface area contributed by atoms with Crippen LogP contribution in [-0.4, -0.2) is 50.1 Å². The van der Waals surface area contributed by atoms with Gasteiger partial charge in [-0.25, -0.2) is 13.2 Å². The van der Waals surface area contributed by atoms with Gasteiger partial charge in [0.15, 0.2) is 0 Å². The van der Waals surface area contributed by atoms with E-state index in [1.165, 1.54) is 4.31 Å². The molecule has 1 atom stereocenters. The average molecular weight is 412 g/mol. The van der Waals surface area contributed by atoms with Gasteiger partial charge in [-0.05, 0) is 55.8 Å². The van der Waals surface area contributed by atoms with Crippen molar-refractivity contribution in [3.63, 3.8) is 0 Å². The first kappa shape index (κ1) is 20.8. The highest BCUT2D eigenvalue weighted by molar-refractivity contribution is 8.00. The number of ether oxygens (including phenoxy) is 1. The second-order valence-corrected chi connectivity index (χ2v) is 8.66. The molecule has 1 aromatic carbocycles. The lowest BCUT2D eigenvalue weighted by Crippen LogP contribution is -2.49. The third kappa shape index (κ3) is 5.78. The highest BCUT2D eigenvalue weighted by atomic mass is 32.2. The Kier molecular flexibility index (Phi) is 6.80. The Morgan fingerprint density at radius 1 is 1.35 bits per heavy atom. The van der Waals surface area contributed by atoms with E-state index in [9.17, 15) is 26.4 Å². The van der Waals surface area contributed by atoms with Crippen LogP contribution in [0.25, 0.3) is 0 Å². The van der Waals surface area contributed by atoms with Gasteiger partial charge >= 0.3 is 11.6 Å². The maximum atomic E-state index is 12.7. The number of halogens is 3. The zero-order valence-corrected chi connectivity index (χ0v) is 15.6. The number of benzene rings is 1. The number of piperidine rings is 1. The van der Waals surface area contributed by atoms with Gasteiger partial charge in [-0.2, -0.15) is 17.5 Å². The van der Waals surface area contributed by atoms with Crippen LogP contribution in [0.3, 0.4) is 0 Å². The number of thioether (sulfide) groups is 1. The van der Waals surface area contributed by atoms with Crippen LogP contribution >= 0.6 is 11.8 Å². The van der Waals surface area contributed by atoms with Crippen molar-refractivity contribution in [1.29, 1.82) is 0 Å². The number of carbonyl (C=O) groups excluding carboxylic acids is 1. The lowest BCUT2D eigenvalue weighted by molar-refractivity contribution is -0.0328. The third-order valence-electron chi connectivity index (χ3n) is 3.68. The number of hydrogen-bond donors (Lipinski definition) is 1. The maximum absolute atomic E-state index is 12.7. The largest absolute Gasteiger partial charge is 0.450 e. The molecule has 6 nitrogen and oxygen atoms in total. The first-order valence-corrected chi connectivity index (χ1v) is 10.2. The van der Waals surface area contributed by atoms with E-state index in [1.54, 1.807) is 6.92 Å². The number of rotatable bonds is 5. The molecule has 1 aliphatic heterocycles. The number of nitrogens with one attached hydrogen (secondary N) is 1. The summed E-state index contributed by atoms with van der Waals surface area (Å²) in [5, 5.41) is 2.61. The fourth-order valence-corrected chi connectivity index (χ4v) is 4.64. The van der Waals surface area contributed by atoms with Gasteiger partial charge in [-0.15, -0.1) is 0 Å². The monoisotopic (exact) mass is 412 g/mol. The van der Waals surface area contributed by atoms with Crippen LogP contribution in [0.2, 0.25) is 0 Å². The maximum Gasteiger partial charge on any atom is 0.446 e. The summed E-state index contributed by atoms with van der Waals surface area (Å²) in [7, 11) is -3.85. The molecule has 0 aromatic heterocycles. The molecule has 11 heteroatoms. The number of amides is 1. The van der Waals surface area contributed by atoms with Gasteiger partial charge in [-0.1, -0.05) is 0 Å². The molecule has 0 bridgehead atoms. The molecule has 26 heavy (non-hydrogen) atoms. The van der Waals surface area contributed by atoms with Crippen molar-refractivity contribution in [1.82, 2.24) is 9.62 Å². The summed E-state index contributed by atoms with van der Waals surface area (Å²) < 4.78 is 68.5. The van der Waals surface area contributed by atoms with Crippen molar-refractivity contribution < 1.29 is 31.1 Å². The number of hydrogen-bond acceptors (Lipinski definition) is 5. The molecule has 146 valence electrons. The Balaban J connectivity index is 2.07. The second-order valence-electron chi connectivity index (χ2n) is 5.59. The second kappa shape index (κ2) is 8.49. The third-order valence-corrected chi connectivity index (χ3v) is 6.30. The van der Waals surface area contributed by atoms with Crippen molar-refractivity contribution >= 4 is 27.9 Å². The van der Waals surface area contributed by atoms with E-state index in [-0.39, 0.29) is 47.3 Å². The molecule has 1 aliphatic rings. The van der Waals surface area contributed by atoms with E-state index in [1.807, 2.05) is 0 Å². The van der Waals surface area contributed by atoms with E-state index in [0.29, 0.717) is 12.8 Å². The molecule has 1 fully saturated rings. The van der Waals surface area contributed by atoms with Crippen molar-refractivity contribution in [2.45, 2.75) is 41.1 Å². The molecular formula is C15H19F3N2O4S2. The molecule has 1 unspecified atom stereocenters. The first-order valence-electron chi connectivity index (χ1n) is 7.91. The minimum atomic E-state index is -4.43. The van der Waals surface area contributed by atoms with Gasteiger partial charge in [0.25, 0.3) is 0 Å². The summed E-state index contributed by atoms with van der Waals surface area (Å²) in [6.07, 6.45) is 0.565. The van der Waals surface area contributed by atoms with Crippen LogP contribution in [-0.2, 0) is 14.8 Å². The van der Waals surface area contributed by atoms with Crippen LogP contribution in [0.1, 0.15) is 19.8 Å². The van der Waals surface area contributed by atoms with E-state index in [4.69, 9.17) is 4.74 Å². The number of alkyl carbamates (subject to hydrolysis) is 1. The first-order chi connectivity index (χ1) is 12.1. The SMILES string of the molecule is CCOC(=O)NC1CCCN(S(=O)(=O)c2ccc(SC(F)(F)F)cc2)C1. The molecule has 1 amide bonds. The Morgan fingerprint density at radius 3 is 2.58 bits per heavy atom. The van der Waals surface area contributed by atoms with Crippen molar-refractivity contribution in [2.24, 2.45) is 0 Å². The van der Waals surface area contributed by atoms with Crippen LogP contribution < -0.4 is 5.32 Å². The molecule has 1 saturated heterocycles. The van der Waals surface area contributed by atoms with Crippen molar-refractivity contribution in [3.05, 3.63) is 24.3 Å². The fraction of sp³-hybridized carbons (Fsp3) is 0.533. The van der Waals surface area contributed by atoms with Crippen LogP contribution in [0, 0.1) is 0 Å². The summed E-state index contributed by atoms with van der Waals surface area (Å²) in [5.41, 5.74) is -4.43. The van der Waals surface area contributed by atoms with E-state index >= 15 is 0 Å². The van der Waals surface area contributed by atoms with E-state index < -0.39 is 21.6 Å². The van der Waals surface area contributed by atoms with Gasteiger partial charge in [0.1, 0.15) is 0 Å². The van der Waals surface area contributed by atoms with Crippen molar-refractivity contribution in [2.75, 3.05) is 19.7 Å². The molecular weight excluding hydrogens is 393 g/mol. The lowest BCUT2D eigenvalue weighted by atomic mass is 10.1. The van der Waals surface area contributed by atoms with Crippen LogP contribution in [0.15, 0.2) is 34.1 Å². The Labute approximate surface area is 154 Å². The van der Waals surface area contributed by atoms with Crippen LogP contribution in [0.4, 0.5) is 18.0 Å². The molecule has 0 saturated carbocycles. The zero-order chi connectivity index (χ0) is 19.4. The van der Waals surface area contributed by atoms with Gasteiger partial charge in [0, 0.05) is 24.0 Å². The summed E-state index contributed by atoms with van der Waals surface area (Å²) in [4.78, 5) is 11.3. The van der Waals surface area contributed by atoms with Gasteiger partial charge in [-0.3, -0.25) is 0 Å². The summed E-state index contributed by atoms with van der Waals surface area (Å²) in [6.45, 7) is 2.24. The number of sulfonamides is 1. The predicted molar refractivity (Wildman–Crippen MR) is 90.3 cm³/mol. The average Bonchev–Trinajstić information content (AvgIpc) is 2.54.